The van der Waals surface area contributed by atoms with Gasteiger partial charge < -0.3 is 4.52 Å². The molecule has 2 aromatic rings. The number of benzene rings is 1. The molecule has 1 saturated heterocycles. The highest BCUT2D eigenvalue weighted by Gasteiger charge is 2.29. The minimum atomic E-state index is -3.42. The van der Waals surface area contributed by atoms with Crippen molar-refractivity contribution in [3.8, 4) is 0 Å². The summed E-state index contributed by atoms with van der Waals surface area (Å²) in [6.07, 6.45) is 4.41. The Labute approximate surface area is 154 Å². The van der Waals surface area contributed by atoms with Crippen molar-refractivity contribution in [3.05, 3.63) is 46.8 Å². The van der Waals surface area contributed by atoms with E-state index in [9.17, 15) is 8.42 Å². The Bertz CT molecular complexity index is 883. The molecule has 26 heavy (non-hydrogen) atoms. The minimum absolute atomic E-state index is 0.443. The molecule has 0 N–H and O–H groups in total. The quantitative estimate of drug-likeness (QED) is 0.821. The zero-order valence-corrected chi connectivity index (χ0v) is 16.0. The second-order valence-corrected chi connectivity index (χ2v) is 9.18. The predicted octanol–water partition coefficient (Wildman–Crippen LogP) is 2.37. The molecular weight excluding hydrogens is 350 g/mol. The molecule has 0 radical (unpaired) electrons. The smallest absolute Gasteiger partial charge is 0.243 e. The number of aromatic nitrogens is 1. The fourth-order valence-electron chi connectivity index (χ4n) is 3.87. The van der Waals surface area contributed by atoms with Crippen LogP contribution in [0.2, 0.25) is 0 Å². The first kappa shape index (κ1) is 17.7. The van der Waals surface area contributed by atoms with Gasteiger partial charge in [0, 0.05) is 38.8 Å². The molecule has 0 bridgehead atoms. The van der Waals surface area contributed by atoms with E-state index in [1.165, 1.54) is 17.5 Å². The molecule has 0 spiro atoms. The van der Waals surface area contributed by atoms with Gasteiger partial charge in [0.25, 0.3) is 0 Å². The predicted molar refractivity (Wildman–Crippen MR) is 98.4 cm³/mol. The first-order valence-corrected chi connectivity index (χ1v) is 10.7. The van der Waals surface area contributed by atoms with Crippen LogP contribution in [0.5, 0.6) is 0 Å². The molecule has 4 rings (SSSR count). The second kappa shape index (κ2) is 7.13. The number of aryl methyl sites for hydroxylation is 3. The van der Waals surface area contributed by atoms with E-state index < -0.39 is 10.0 Å². The van der Waals surface area contributed by atoms with Gasteiger partial charge >= 0.3 is 0 Å². The number of hydrogen-bond donors (Lipinski definition) is 0. The van der Waals surface area contributed by atoms with E-state index in [1.807, 2.05) is 25.1 Å². The Hall–Kier alpha value is -1.70. The summed E-state index contributed by atoms with van der Waals surface area (Å²) in [5.74, 6) is 0.800. The summed E-state index contributed by atoms with van der Waals surface area (Å²) in [4.78, 5) is 2.66. The summed E-state index contributed by atoms with van der Waals surface area (Å²) < 4.78 is 32.8. The Kier molecular flexibility index (Phi) is 4.86. The van der Waals surface area contributed by atoms with Gasteiger partial charge in [-0.3, -0.25) is 4.90 Å². The van der Waals surface area contributed by atoms with E-state index in [0.717, 1.165) is 30.7 Å². The maximum Gasteiger partial charge on any atom is 0.243 e. The molecule has 7 heteroatoms. The third kappa shape index (κ3) is 3.56. The van der Waals surface area contributed by atoms with Gasteiger partial charge in [0.05, 0.1) is 10.6 Å². The number of rotatable bonds is 4. The molecule has 1 aliphatic carbocycles. The van der Waals surface area contributed by atoms with Crippen LogP contribution in [0.1, 0.15) is 35.4 Å². The van der Waals surface area contributed by atoms with Crippen LogP contribution in [0, 0.1) is 6.92 Å². The molecule has 1 aromatic heterocycles. The van der Waals surface area contributed by atoms with Crippen molar-refractivity contribution in [2.24, 2.45) is 0 Å². The Balaban J connectivity index is 1.43. The first-order valence-electron chi connectivity index (χ1n) is 9.29. The van der Waals surface area contributed by atoms with Crippen LogP contribution in [0.4, 0.5) is 0 Å². The van der Waals surface area contributed by atoms with Gasteiger partial charge in [0.15, 0.2) is 0 Å². The molecule has 1 aromatic carbocycles. The molecule has 140 valence electrons. The maximum absolute atomic E-state index is 13.0. The summed E-state index contributed by atoms with van der Waals surface area (Å²) in [6, 6.07) is 7.61. The highest BCUT2D eigenvalue weighted by molar-refractivity contribution is 7.89. The van der Waals surface area contributed by atoms with E-state index in [-0.39, 0.29) is 0 Å². The van der Waals surface area contributed by atoms with Crippen LogP contribution in [0.3, 0.4) is 0 Å². The van der Waals surface area contributed by atoms with E-state index in [1.54, 1.807) is 10.4 Å². The highest BCUT2D eigenvalue weighted by atomic mass is 32.2. The largest absolute Gasteiger partial charge is 0.361 e. The number of hydrogen-bond acceptors (Lipinski definition) is 5. The number of nitrogens with zero attached hydrogens (tertiary/aromatic N) is 3. The van der Waals surface area contributed by atoms with Gasteiger partial charge in [-0.15, -0.1) is 0 Å². The van der Waals surface area contributed by atoms with E-state index in [0.29, 0.717) is 37.6 Å². The SMILES string of the molecule is Cc1cc(CN2CCN(S(=O)(=O)c3ccc4c(c3)CCCC4)CC2)no1. The Morgan fingerprint density at radius 2 is 1.77 bits per heavy atom. The summed E-state index contributed by atoms with van der Waals surface area (Å²) >= 11 is 0. The zero-order chi connectivity index (χ0) is 18.1. The van der Waals surface area contributed by atoms with Crippen molar-refractivity contribution in [2.45, 2.75) is 44.0 Å². The molecular formula is C19H25N3O3S. The maximum atomic E-state index is 13.0. The van der Waals surface area contributed by atoms with Crippen LogP contribution in [0.25, 0.3) is 0 Å². The standard InChI is InChI=1S/C19H25N3O3S/c1-15-12-18(20-25-15)14-21-8-10-22(11-9-21)26(23,24)19-7-6-16-4-2-3-5-17(16)13-19/h6-7,12-13H,2-5,8-11,14H2,1H3. The van der Waals surface area contributed by atoms with Crippen molar-refractivity contribution in [3.63, 3.8) is 0 Å². The van der Waals surface area contributed by atoms with Gasteiger partial charge in [0.1, 0.15) is 5.76 Å². The topological polar surface area (TPSA) is 66.7 Å². The van der Waals surface area contributed by atoms with Crippen molar-refractivity contribution in [1.29, 1.82) is 0 Å². The fourth-order valence-corrected chi connectivity index (χ4v) is 5.34. The lowest BCUT2D eigenvalue weighted by molar-refractivity contribution is 0.177. The zero-order valence-electron chi connectivity index (χ0n) is 15.1. The van der Waals surface area contributed by atoms with Gasteiger partial charge in [-0.25, -0.2) is 8.42 Å². The van der Waals surface area contributed by atoms with Crippen LogP contribution < -0.4 is 0 Å². The summed E-state index contributed by atoms with van der Waals surface area (Å²) in [7, 11) is -3.42. The monoisotopic (exact) mass is 375 g/mol. The summed E-state index contributed by atoms with van der Waals surface area (Å²) in [5.41, 5.74) is 3.41. The van der Waals surface area contributed by atoms with Gasteiger partial charge in [0.2, 0.25) is 10.0 Å². The fraction of sp³-hybridized carbons (Fsp3) is 0.526. The molecule has 0 amide bonds. The van der Waals surface area contributed by atoms with Crippen LogP contribution in [-0.2, 0) is 29.4 Å². The Morgan fingerprint density at radius 3 is 2.46 bits per heavy atom. The first-order chi connectivity index (χ1) is 12.5. The van der Waals surface area contributed by atoms with Crippen molar-refractivity contribution >= 4 is 10.0 Å². The van der Waals surface area contributed by atoms with E-state index in [4.69, 9.17) is 4.52 Å². The van der Waals surface area contributed by atoms with Crippen LogP contribution in [0.15, 0.2) is 33.7 Å². The summed E-state index contributed by atoms with van der Waals surface area (Å²) in [6.45, 7) is 5.00. The molecule has 0 saturated carbocycles. The molecule has 6 nitrogen and oxygen atoms in total. The van der Waals surface area contributed by atoms with Crippen LogP contribution in [-0.4, -0.2) is 49.0 Å². The van der Waals surface area contributed by atoms with Crippen molar-refractivity contribution in [1.82, 2.24) is 14.4 Å². The van der Waals surface area contributed by atoms with Crippen molar-refractivity contribution in [2.75, 3.05) is 26.2 Å². The molecule has 0 unspecified atom stereocenters. The van der Waals surface area contributed by atoms with Crippen molar-refractivity contribution < 1.29 is 12.9 Å². The van der Waals surface area contributed by atoms with Gasteiger partial charge in [-0.2, -0.15) is 4.31 Å². The third-order valence-electron chi connectivity index (χ3n) is 5.35. The molecule has 1 fully saturated rings. The highest BCUT2D eigenvalue weighted by Crippen LogP contribution is 2.26. The van der Waals surface area contributed by atoms with Gasteiger partial charge in [-0.05, 0) is 55.9 Å². The van der Waals surface area contributed by atoms with Crippen LogP contribution >= 0.6 is 0 Å². The van der Waals surface area contributed by atoms with E-state index >= 15 is 0 Å². The molecule has 2 aliphatic rings. The normalized spacial score (nSPS) is 19.4. The van der Waals surface area contributed by atoms with E-state index in [2.05, 4.69) is 10.1 Å². The molecule has 0 atom stereocenters. The molecule has 1 aliphatic heterocycles. The third-order valence-corrected chi connectivity index (χ3v) is 7.25. The minimum Gasteiger partial charge on any atom is -0.361 e. The average Bonchev–Trinajstić information content (AvgIpc) is 3.06. The Morgan fingerprint density at radius 1 is 1.04 bits per heavy atom. The lowest BCUT2D eigenvalue weighted by Gasteiger charge is -2.33. The second-order valence-electron chi connectivity index (χ2n) is 7.25. The number of piperazine rings is 1. The number of fused-ring (bicyclic) bond motifs is 1. The lowest BCUT2D eigenvalue weighted by Crippen LogP contribution is -2.48. The summed E-state index contributed by atoms with van der Waals surface area (Å²) in [5, 5.41) is 4.02. The average molecular weight is 375 g/mol. The lowest BCUT2D eigenvalue weighted by atomic mass is 9.92. The van der Waals surface area contributed by atoms with Gasteiger partial charge in [-0.1, -0.05) is 11.2 Å². The number of sulfonamides is 1. The molecule has 2 heterocycles.